The zero-order valence-corrected chi connectivity index (χ0v) is 18.0. The number of carbonyl (C=O) groups is 1. The summed E-state index contributed by atoms with van der Waals surface area (Å²) in [7, 11) is 1.84. The van der Waals surface area contributed by atoms with Crippen molar-refractivity contribution in [3.05, 3.63) is 17.9 Å². The van der Waals surface area contributed by atoms with E-state index in [1.54, 1.807) is 11.5 Å². The van der Waals surface area contributed by atoms with Gasteiger partial charge in [0.1, 0.15) is 23.2 Å². The number of aryl methyl sites for hydroxylation is 1. The summed E-state index contributed by atoms with van der Waals surface area (Å²) in [6, 6.07) is 3.68. The summed E-state index contributed by atoms with van der Waals surface area (Å²) in [6.45, 7) is 4.28. The first-order chi connectivity index (χ1) is 14.4. The van der Waals surface area contributed by atoms with E-state index in [0.717, 1.165) is 38.5 Å². The van der Waals surface area contributed by atoms with Gasteiger partial charge in [-0.05, 0) is 51.4 Å². The maximum atomic E-state index is 14.5. The van der Waals surface area contributed by atoms with Crippen LogP contribution in [0, 0.1) is 11.7 Å². The Hall–Kier alpha value is -2.15. The van der Waals surface area contributed by atoms with Crippen LogP contribution in [0.3, 0.4) is 0 Å². The van der Waals surface area contributed by atoms with E-state index in [9.17, 15) is 9.18 Å². The minimum atomic E-state index is -0.384. The third-order valence-electron chi connectivity index (χ3n) is 5.85. The lowest BCUT2D eigenvalue weighted by Crippen LogP contribution is -2.30. The molecule has 0 radical (unpaired) electrons. The quantitative estimate of drug-likeness (QED) is 0.597. The number of fused-ring (bicyclic) bond motifs is 1. The van der Waals surface area contributed by atoms with Gasteiger partial charge in [-0.2, -0.15) is 4.98 Å². The molecule has 1 atom stereocenters. The minimum Gasteiger partial charge on any atom is -0.490 e. The van der Waals surface area contributed by atoms with Gasteiger partial charge in [0.2, 0.25) is 0 Å². The molecule has 2 saturated carbocycles. The fourth-order valence-corrected chi connectivity index (χ4v) is 4.07. The summed E-state index contributed by atoms with van der Waals surface area (Å²) in [5, 5.41) is 0. The average molecular weight is 419 g/mol. The number of ether oxygens (including phenoxy) is 3. The molecule has 6 nitrogen and oxygen atoms in total. The molecular formula is C23H31FN2O4. The van der Waals surface area contributed by atoms with Crippen LogP contribution in [0.1, 0.15) is 58.8 Å². The molecule has 2 fully saturated rings. The van der Waals surface area contributed by atoms with Gasteiger partial charge in [-0.1, -0.05) is 6.92 Å². The van der Waals surface area contributed by atoms with Gasteiger partial charge in [0.15, 0.2) is 5.82 Å². The lowest BCUT2D eigenvalue weighted by Gasteiger charge is -2.29. The summed E-state index contributed by atoms with van der Waals surface area (Å²) in [4.78, 5) is 15.6. The fraction of sp³-hybridized carbons (Fsp3) is 0.652. The van der Waals surface area contributed by atoms with Gasteiger partial charge in [0, 0.05) is 32.2 Å². The van der Waals surface area contributed by atoms with E-state index in [-0.39, 0.29) is 35.8 Å². The van der Waals surface area contributed by atoms with E-state index in [1.165, 1.54) is 6.07 Å². The van der Waals surface area contributed by atoms with Gasteiger partial charge in [0.25, 0.3) is 6.01 Å². The first-order valence-electron chi connectivity index (χ1n) is 11.0. The Kier molecular flexibility index (Phi) is 6.27. The first-order valence-corrected chi connectivity index (χ1v) is 11.0. The molecule has 2 aromatic rings. The number of hydrogen-bond donors (Lipinski definition) is 0. The molecule has 2 aliphatic rings. The van der Waals surface area contributed by atoms with Gasteiger partial charge < -0.3 is 19.0 Å². The van der Waals surface area contributed by atoms with Gasteiger partial charge in [-0.25, -0.2) is 4.39 Å². The topological polar surface area (TPSA) is 62.6 Å². The van der Waals surface area contributed by atoms with Gasteiger partial charge in [-0.3, -0.25) is 4.57 Å². The predicted octanol–water partition coefficient (Wildman–Crippen LogP) is 4.58. The molecule has 164 valence electrons. The van der Waals surface area contributed by atoms with Crippen molar-refractivity contribution < 1.29 is 23.4 Å². The summed E-state index contributed by atoms with van der Waals surface area (Å²) in [5.74, 6) is 0.618. The molecule has 1 heterocycles. The number of imidazole rings is 1. The molecule has 2 aliphatic carbocycles. The second-order valence-electron chi connectivity index (χ2n) is 8.90. The number of rotatable bonds is 9. The number of nitrogens with zero attached hydrogens (tertiary/aromatic N) is 2. The maximum Gasteiger partial charge on any atom is 0.297 e. The lowest BCUT2D eigenvalue weighted by atomic mass is 9.95. The number of aromatic nitrogens is 2. The summed E-state index contributed by atoms with van der Waals surface area (Å²) < 4.78 is 34.2. The van der Waals surface area contributed by atoms with Gasteiger partial charge in [-0.15, -0.1) is 0 Å². The van der Waals surface area contributed by atoms with Gasteiger partial charge >= 0.3 is 0 Å². The molecule has 30 heavy (non-hydrogen) atoms. The average Bonchev–Trinajstić information content (AvgIpc) is 3.45. The number of benzene rings is 1. The van der Waals surface area contributed by atoms with E-state index in [0.29, 0.717) is 35.8 Å². The maximum absolute atomic E-state index is 14.5. The molecular weight excluding hydrogens is 387 g/mol. The summed E-state index contributed by atoms with van der Waals surface area (Å²) >= 11 is 0. The van der Waals surface area contributed by atoms with Crippen LogP contribution in [0.2, 0.25) is 0 Å². The van der Waals surface area contributed by atoms with Crippen LogP contribution in [-0.4, -0.2) is 40.3 Å². The van der Waals surface area contributed by atoms with Crippen LogP contribution in [0.15, 0.2) is 12.1 Å². The van der Waals surface area contributed by atoms with Crippen LogP contribution in [0.25, 0.3) is 11.0 Å². The molecule has 1 aromatic heterocycles. The third kappa shape index (κ3) is 5.12. The third-order valence-corrected chi connectivity index (χ3v) is 5.85. The predicted molar refractivity (Wildman–Crippen MR) is 111 cm³/mol. The molecule has 7 heteroatoms. The SMILES string of the molecule is CC(=O)C[C@@H](C)COC1CCC(Oc2nc3c(F)cc(OC4CC4)cc3n2C)CC1. The highest BCUT2D eigenvalue weighted by molar-refractivity contribution is 5.79. The Bertz CT molecular complexity index is 900. The Morgan fingerprint density at radius 3 is 2.43 bits per heavy atom. The second-order valence-corrected chi connectivity index (χ2v) is 8.90. The Labute approximate surface area is 176 Å². The lowest BCUT2D eigenvalue weighted by molar-refractivity contribution is -0.118. The molecule has 0 unspecified atom stereocenters. The van der Waals surface area contributed by atoms with E-state index in [4.69, 9.17) is 14.2 Å². The molecule has 0 saturated heterocycles. The fourth-order valence-electron chi connectivity index (χ4n) is 4.07. The zero-order chi connectivity index (χ0) is 21.3. The molecule has 1 aromatic carbocycles. The standard InChI is InChI=1S/C23H31FN2O4/c1-14(10-15(2)27)13-28-16-4-6-18(7-5-16)30-23-25-22-20(24)11-19(29-17-8-9-17)12-21(22)26(23)3/h11-12,14,16-18H,4-10,13H2,1-3H3/t14-,16?,18?/m1/s1. The Morgan fingerprint density at radius 2 is 1.77 bits per heavy atom. The van der Waals surface area contributed by atoms with Crippen molar-refractivity contribution in [3.8, 4) is 11.8 Å². The molecule has 0 N–H and O–H groups in total. The highest BCUT2D eigenvalue weighted by atomic mass is 19.1. The monoisotopic (exact) mass is 418 g/mol. The van der Waals surface area contributed by atoms with Crippen LogP contribution < -0.4 is 9.47 Å². The van der Waals surface area contributed by atoms with Crippen molar-refractivity contribution in [1.29, 1.82) is 0 Å². The van der Waals surface area contributed by atoms with Crippen molar-refractivity contribution in [2.75, 3.05) is 6.61 Å². The van der Waals surface area contributed by atoms with Crippen LogP contribution in [-0.2, 0) is 16.6 Å². The van der Waals surface area contributed by atoms with Crippen LogP contribution in [0.5, 0.6) is 11.8 Å². The van der Waals surface area contributed by atoms with Crippen molar-refractivity contribution in [3.63, 3.8) is 0 Å². The second kappa shape index (κ2) is 8.92. The largest absolute Gasteiger partial charge is 0.490 e. The number of halogens is 1. The van der Waals surface area contributed by atoms with E-state index >= 15 is 0 Å². The minimum absolute atomic E-state index is 0.0419. The first kappa shape index (κ1) is 21.1. The van der Waals surface area contributed by atoms with E-state index in [1.807, 2.05) is 20.0 Å². The normalized spacial score (nSPS) is 22.8. The van der Waals surface area contributed by atoms with Crippen molar-refractivity contribution in [1.82, 2.24) is 9.55 Å². The molecule has 0 amide bonds. The highest BCUT2D eigenvalue weighted by Crippen LogP contribution is 2.33. The van der Waals surface area contributed by atoms with Crippen molar-refractivity contribution in [2.45, 2.75) is 77.1 Å². The number of carbonyl (C=O) groups excluding carboxylic acids is 1. The Morgan fingerprint density at radius 1 is 1.13 bits per heavy atom. The van der Waals surface area contributed by atoms with Crippen molar-refractivity contribution in [2.24, 2.45) is 13.0 Å². The molecule has 4 rings (SSSR count). The highest BCUT2D eigenvalue weighted by Gasteiger charge is 2.27. The number of ketones is 1. The number of Topliss-reactive ketones (excluding diaryl/α,β-unsaturated/α-hetero) is 1. The zero-order valence-electron chi connectivity index (χ0n) is 18.0. The smallest absolute Gasteiger partial charge is 0.297 e. The van der Waals surface area contributed by atoms with E-state index in [2.05, 4.69) is 4.98 Å². The number of hydrogen-bond acceptors (Lipinski definition) is 5. The van der Waals surface area contributed by atoms with Gasteiger partial charge in [0.05, 0.1) is 17.7 Å². The molecule has 0 aliphatic heterocycles. The van der Waals surface area contributed by atoms with Crippen LogP contribution in [0.4, 0.5) is 4.39 Å². The van der Waals surface area contributed by atoms with Crippen molar-refractivity contribution >= 4 is 16.8 Å². The molecule has 0 bridgehead atoms. The summed E-state index contributed by atoms with van der Waals surface area (Å²) in [5.41, 5.74) is 0.990. The van der Waals surface area contributed by atoms with Crippen LogP contribution >= 0.6 is 0 Å². The Balaban J connectivity index is 1.33. The molecule has 0 spiro atoms. The summed E-state index contributed by atoms with van der Waals surface area (Å²) in [6.07, 6.45) is 6.65. The van der Waals surface area contributed by atoms with E-state index < -0.39 is 0 Å².